The van der Waals surface area contributed by atoms with Crippen LogP contribution in [0.2, 0.25) is 0 Å². The fourth-order valence-corrected chi connectivity index (χ4v) is 5.63. The van der Waals surface area contributed by atoms with Gasteiger partial charge in [0.25, 0.3) is 5.91 Å². The van der Waals surface area contributed by atoms with Gasteiger partial charge in [0.05, 0.1) is 17.5 Å². The van der Waals surface area contributed by atoms with Crippen LogP contribution in [0.25, 0.3) is 0 Å². The minimum atomic E-state index is -3.39. The van der Waals surface area contributed by atoms with Crippen LogP contribution in [-0.2, 0) is 10.0 Å². The maximum atomic E-state index is 13.7. The highest BCUT2D eigenvalue weighted by atomic mass is 32.2. The van der Waals surface area contributed by atoms with Crippen molar-refractivity contribution in [1.29, 1.82) is 0 Å². The molecule has 0 spiro atoms. The molecule has 1 amide bonds. The lowest BCUT2D eigenvalue weighted by molar-refractivity contribution is 0.102. The molecule has 146 valence electrons. The quantitative estimate of drug-likeness (QED) is 0.782. The highest BCUT2D eigenvalue weighted by Gasteiger charge is 2.37. The normalized spacial score (nSPS) is 18.0. The standard InChI is InChI=1S/C16H18F2N4O3S2/c1-2-8-27(24,25)22-7-3-4-13(22)15-20-21-16(26-15)14(23)19-12-6-5-10(17)9-11(12)18/h5-6,9,13H,2-4,7-8H2,1H3,(H,19,23). The zero-order valence-corrected chi connectivity index (χ0v) is 16.1. The van der Waals surface area contributed by atoms with E-state index in [1.165, 1.54) is 4.31 Å². The lowest BCUT2D eigenvalue weighted by atomic mass is 10.2. The number of hydrogen-bond donors (Lipinski definition) is 1. The molecule has 1 saturated heterocycles. The van der Waals surface area contributed by atoms with E-state index in [0.717, 1.165) is 23.5 Å². The van der Waals surface area contributed by atoms with Gasteiger partial charge in [-0.25, -0.2) is 17.2 Å². The van der Waals surface area contributed by atoms with Crippen LogP contribution in [-0.4, -0.2) is 41.1 Å². The first-order valence-electron chi connectivity index (χ1n) is 8.41. The van der Waals surface area contributed by atoms with Gasteiger partial charge in [-0.3, -0.25) is 4.79 Å². The Kier molecular flexibility index (Phi) is 5.82. The Labute approximate surface area is 159 Å². The fourth-order valence-electron chi connectivity index (χ4n) is 2.92. The van der Waals surface area contributed by atoms with E-state index in [2.05, 4.69) is 15.5 Å². The Bertz CT molecular complexity index is 949. The summed E-state index contributed by atoms with van der Waals surface area (Å²) in [5, 5.41) is 10.5. The Balaban J connectivity index is 1.77. The van der Waals surface area contributed by atoms with Crippen molar-refractivity contribution in [3.63, 3.8) is 0 Å². The summed E-state index contributed by atoms with van der Waals surface area (Å²) in [6, 6.07) is 2.36. The van der Waals surface area contributed by atoms with E-state index in [1.807, 2.05) is 0 Å². The van der Waals surface area contributed by atoms with Crippen LogP contribution in [0.5, 0.6) is 0 Å². The smallest absolute Gasteiger partial charge is 0.286 e. The van der Waals surface area contributed by atoms with E-state index in [1.54, 1.807) is 6.92 Å². The molecule has 0 aliphatic carbocycles. The molecule has 1 atom stereocenters. The van der Waals surface area contributed by atoms with Gasteiger partial charge in [-0.1, -0.05) is 18.3 Å². The second-order valence-corrected chi connectivity index (χ2v) is 9.16. The Morgan fingerprint density at radius 2 is 2.15 bits per heavy atom. The molecule has 1 unspecified atom stereocenters. The molecule has 1 fully saturated rings. The number of amides is 1. The molecule has 27 heavy (non-hydrogen) atoms. The maximum absolute atomic E-state index is 13.7. The predicted octanol–water partition coefficient (Wildman–Crippen LogP) is 2.95. The van der Waals surface area contributed by atoms with Crippen LogP contribution in [0.15, 0.2) is 18.2 Å². The summed E-state index contributed by atoms with van der Waals surface area (Å²) in [5.74, 6) is -2.29. The van der Waals surface area contributed by atoms with Gasteiger partial charge in [0.2, 0.25) is 15.0 Å². The number of nitrogens with zero attached hydrogens (tertiary/aromatic N) is 3. The molecule has 1 aliphatic heterocycles. The maximum Gasteiger partial charge on any atom is 0.286 e. The van der Waals surface area contributed by atoms with Crippen molar-refractivity contribution in [2.75, 3.05) is 17.6 Å². The van der Waals surface area contributed by atoms with E-state index in [0.29, 0.717) is 36.9 Å². The van der Waals surface area contributed by atoms with Gasteiger partial charge in [0.15, 0.2) is 0 Å². The van der Waals surface area contributed by atoms with Gasteiger partial charge in [-0.05, 0) is 31.4 Å². The number of benzene rings is 1. The second kappa shape index (κ2) is 7.95. The molecular weight excluding hydrogens is 398 g/mol. The molecule has 1 aromatic heterocycles. The minimum absolute atomic E-state index is 0.0199. The number of halogens is 2. The number of hydrogen-bond acceptors (Lipinski definition) is 6. The van der Waals surface area contributed by atoms with Crippen molar-refractivity contribution in [2.45, 2.75) is 32.2 Å². The molecule has 2 aromatic rings. The summed E-state index contributed by atoms with van der Waals surface area (Å²) in [5.41, 5.74) is -0.175. The van der Waals surface area contributed by atoms with Crippen LogP contribution in [0.4, 0.5) is 14.5 Å². The molecule has 2 heterocycles. The number of aromatic nitrogens is 2. The van der Waals surface area contributed by atoms with E-state index >= 15 is 0 Å². The summed E-state index contributed by atoms with van der Waals surface area (Å²) in [7, 11) is -3.39. The predicted molar refractivity (Wildman–Crippen MR) is 97.0 cm³/mol. The number of rotatable bonds is 6. The third-order valence-electron chi connectivity index (χ3n) is 4.12. The van der Waals surface area contributed by atoms with Crippen molar-refractivity contribution in [3.8, 4) is 0 Å². The number of anilines is 1. The van der Waals surface area contributed by atoms with E-state index < -0.39 is 33.6 Å². The number of nitrogens with one attached hydrogen (secondary N) is 1. The van der Waals surface area contributed by atoms with Crippen LogP contribution in [0.3, 0.4) is 0 Å². The van der Waals surface area contributed by atoms with Gasteiger partial charge in [-0.15, -0.1) is 10.2 Å². The largest absolute Gasteiger partial charge is 0.317 e. The summed E-state index contributed by atoms with van der Waals surface area (Å²) < 4.78 is 52.8. The van der Waals surface area contributed by atoms with Gasteiger partial charge in [0, 0.05) is 12.6 Å². The molecule has 3 rings (SSSR count). The lowest BCUT2D eigenvalue weighted by Crippen LogP contribution is -2.32. The Morgan fingerprint density at radius 3 is 2.85 bits per heavy atom. The van der Waals surface area contributed by atoms with E-state index in [9.17, 15) is 22.0 Å². The van der Waals surface area contributed by atoms with Crippen LogP contribution in [0.1, 0.15) is 47.0 Å². The highest BCUT2D eigenvalue weighted by Crippen LogP contribution is 2.36. The second-order valence-electron chi connectivity index (χ2n) is 6.11. The molecule has 1 aliphatic rings. The summed E-state index contributed by atoms with van der Waals surface area (Å²) in [6.07, 6.45) is 1.82. The fraction of sp³-hybridized carbons (Fsp3) is 0.438. The Morgan fingerprint density at radius 1 is 1.37 bits per heavy atom. The van der Waals surface area contributed by atoms with Crippen LogP contribution in [0, 0.1) is 11.6 Å². The molecule has 11 heteroatoms. The molecule has 1 aromatic carbocycles. The van der Waals surface area contributed by atoms with E-state index in [-0.39, 0.29) is 16.4 Å². The summed E-state index contributed by atoms with van der Waals surface area (Å²) >= 11 is 0.968. The number of sulfonamides is 1. The van der Waals surface area contributed by atoms with E-state index in [4.69, 9.17) is 0 Å². The topological polar surface area (TPSA) is 92.3 Å². The third-order valence-corrected chi connectivity index (χ3v) is 7.22. The Hall–Kier alpha value is -1.98. The lowest BCUT2D eigenvalue weighted by Gasteiger charge is -2.21. The summed E-state index contributed by atoms with van der Waals surface area (Å²) in [6.45, 7) is 2.21. The molecule has 0 saturated carbocycles. The van der Waals surface area contributed by atoms with Crippen molar-refractivity contribution in [3.05, 3.63) is 39.8 Å². The van der Waals surface area contributed by atoms with Crippen LogP contribution >= 0.6 is 11.3 Å². The zero-order valence-electron chi connectivity index (χ0n) is 14.5. The first kappa shape index (κ1) is 19.8. The van der Waals surface area contributed by atoms with Crippen molar-refractivity contribution in [2.24, 2.45) is 0 Å². The SMILES string of the molecule is CCCS(=O)(=O)N1CCCC1c1nnc(C(=O)Nc2ccc(F)cc2F)s1. The van der Waals surface area contributed by atoms with Crippen molar-refractivity contribution in [1.82, 2.24) is 14.5 Å². The van der Waals surface area contributed by atoms with Gasteiger partial charge in [0.1, 0.15) is 16.6 Å². The average Bonchev–Trinajstić information content (AvgIpc) is 3.25. The third kappa shape index (κ3) is 4.30. The zero-order chi connectivity index (χ0) is 19.6. The molecule has 1 N–H and O–H groups in total. The average molecular weight is 416 g/mol. The van der Waals surface area contributed by atoms with Gasteiger partial charge >= 0.3 is 0 Å². The van der Waals surface area contributed by atoms with Gasteiger partial charge in [-0.2, -0.15) is 4.31 Å². The van der Waals surface area contributed by atoms with Crippen LogP contribution < -0.4 is 5.32 Å². The highest BCUT2D eigenvalue weighted by molar-refractivity contribution is 7.89. The number of carbonyl (C=O) groups is 1. The minimum Gasteiger partial charge on any atom is -0.317 e. The molecule has 7 nitrogen and oxygen atoms in total. The molecule has 0 radical (unpaired) electrons. The number of carbonyl (C=O) groups excluding carboxylic acids is 1. The summed E-state index contributed by atoms with van der Waals surface area (Å²) in [4.78, 5) is 12.3. The monoisotopic (exact) mass is 416 g/mol. The van der Waals surface area contributed by atoms with Crippen molar-refractivity contribution >= 4 is 33.0 Å². The molecule has 0 bridgehead atoms. The first-order chi connectivity index (χ1) is 12.8. The first-order valence-corrected chi connectivity index (χ1v) is 10.8. The van der Waals surface area contributed by atoms with Crippen molar-refractivity contribution < 1.29 is 22.0 Å². The van der Waals surface area contributed by atoms with Gasteiger partial charge < -0.3 is 5.32 Å². The molecular formula is C16H18F2N4O3S2.